The molecule has 0 radical (unpaired) electrons. The van der Waals surface area contributed by atoms with E-state index in [1.165, 1.54) is 12.1 Å². The van der Waals surface area contributed by atoms with Gasteiger partial charge in [0.15, 0.2) is 0 Å². The molecule has 21 heavy (non-hydrogen) atoms. The number of aromatic nitrogens is 2. The number of fused-ring (bicyclic) bond motifs is 1. The molecule has 1 atom stereocenters. The molecule has 0 bridgehead atoms. The van der Waals surface area contributed by atoms with Gasteiger partial charge in [0.05, 0.1) is 11.8 Å². The molecule has 112 valence electrons. The highest BCUT2D eigenvalue weighted by Crippen LogP contribution is 2.34. The van der Waals surface area contributed by atoms with Crippen molar-refractivity contribution in [2.24, 2.45) is 5.92 Å². The lowest BCUT2D eigenvalue weighted by Gasteiger charge is -2.34. The van der Waals surface area contributed by atoms with Gasteiger partial charge >= 0.3 is 6.18 Å². The Morgan fingerprint density at radius 2 is 1.86 bits per heavy atom. The molecule has 0 aliphatic carbocycles. The second kappa shape index (κ2) is 5.09. The molecule has 0 fully saturated rings. The van der Waals surface area contributed by atoms with Gasteiger partial charge < -0.3 is 4.90 Å². The largest absolute Gasteiger partial charge is 0.416 e. The first kappa shape index (κ1) is 14.0. The number of rotatable bonds is 2. The molecule has 2 aromatic rings. The van der Waals surface area contributed by atoms with Gasteiger partial charge in [-0.2, -0.15) is 18.3 Å². The molecular formula is C15H16F3N3. The van der Waals surface area contributed by atoms with Crippen LogP contribution in [-0.4, -0.2) is 16.3 Å². The molecule has 0 saturated heterocycles. The Balaban J connectivity index is 1.93. The summed E-state index contributed by atoms with van der Waals surface area (Å²) < 4.78 is 39.8. The number of benzene rings is 1. The minimum absolute atomic E-state index is 0.444. The van der Waals surface area contributed by atoms with Gasteiger partial charge in [0.1, 0.15) is 5.82 Å². The maximum Gasteiger partial charge on any atom is 0.416 e. The monoisotopic (exact) mass is 295 g/mol. The Morgan fingerprint density at radius 1 is 1.14 bits per heavy atom. The van der Waals surface area contributed by atoms with Gasteiger partial charge in [-0.05, 0) is 36.6 Å². The summed E-state index contributed by atoms with van der Waals surface area (Å²) in [5, 5.41) is 4.28. The molecule has 2 heterocycles. The summed E-state index contributed by atoms with van der Waals surface area (Å²) in [5.41, 5.74) is 0.145. The van der Waals surface area contributed by atoms with Gasteiger partial charge in [-0.1, -0.05) is 6.92 Å². The molecular weight excluding hydrogens is 279 g/mol. The summed E-state index contributed by atoms with van der Waals surface area (Å²) in [7, 11) is 0. The Hall–Kier alpha value is -1.98. The van der Waals surface area contributed by atoms with Crippen molar-refractivity contribution in [3.8, 4) is 0 Å². The molecule has 0 saturated carbocycles. The topological polar surface area (TPSA) is 21.1 Å². The fourth-order valence-electron chi connectivity index (χ4n) is 2.68. The van der Waals surface area contributed by atoms with Crippen LogP contribution in [0.3, 0.4) is 0 Å². The molecule has 0 spiro atoms. The van der Waals surface area contributed by atoms with Crippen LogP contribution in [0.5, 0.6) is 0 Å². The zero-order chi connectivity index (χ0) is 15.0. The highest BCUT2D eigenvalue weighted by Gasteiger charge is 2.31. The fraction of sp³-hybridized carbons (Fsp3) is 0.400. The molecule has 1 aliphatic heterocycles. The zero-order valence-electron chi connectivity index (χ0n) is 11.6. The molecule has 1 aromatic heterocycles. The minimum Gasteiger partial charge on any atom is -0.326 e. The van der Waals surface area contributed by atoms with E-state index in [0.717, 1.165) is 43.1 Å². The van der Waals surface area contributed by atoms with Crippen molar-refractivity contribution >= 4 is 11.5 Å². The summed E-state index contributed by atoms with van der Waals surface area (Å²) in [6, 6.07) is 7.21. The highest BCUT2D eigenvalue weighted by atomic mass is 19.4. The van der Waals surface area contributed by atoms with Gasteiger partial charge in [-0.15, -0.1) is 0 Å². The van der Waals surface area contributed by atoms with Crippen molar-refractivity contribution in [3.05, 3.63) is 42.1 Å². The lowest BCUT2D eigenvalue weighted by Crippen LogP contribution is -2.35. The van der Waals surface area contributed by atoms with Gasteiger partial charge in [-0.25, -0.2) is 4.68 Å². The standard InChI is InChI=1S/C15H16F3N3/c1-2-11-9-20(14-7-8-19-21(14)10-11)13-5-3-12(4-6-13)15(16,17)18/h3-8,11H,2,9-10H2,1H3. The lowest BCUT2D eigenvalue weighted by molar-refractivity contribution is -0.137. The first-order valence-electron chi connectivity index (χ1n) is 6.95. The molecule has 3 rings (SSSR count). The highest BCUT2D eigenvalue weighted by molar-refractivity contribution is 5.61. The Bertz CT molecular complexity index is 616. The summed E-state index contributed by atoms with van der Waals surface area (Å²) in [5.74, 6) is 1.37. The predicted octanol–water partition coefficient (Wildman–Crippen LogP) is 4.08. The first-order valence-corrected chi connectivity index (χ1v) is 6.95. The van der Waals surface area contributed by atoms with E-state index in [2.05, 4.69) is 12.0 Å². The van der Waals surface area contributed by atoms with Crippen LogP contribution < -0.4 is 4.90 Å². The average molecular weight is 295 g/mol. The van der Waals surface area contributed by atoms with Crippen molar-refractivity contribution < 1.29 is 13.2 Å². The summed E-state index contributed by atoms with van der Waals surface area (Å²) in [4.78, 5) is 2.03. The van der Waals surface area contributed by atoms with Crippen LogP contribution in [0.25, 0.3) is 0 Å². The van der Waals surface area contributed by atoms with Crippen LogP contribution in [-0.2, 0) is 12.7 Å². The average Bonchev–Trinajstić information content (AvgIpc) is 2.93. The molecule has 1 unspecified atom stereocenters. The third-order valence-corrected chi connectivity index (χ3v) is 3.93. The minimum atomic E-state index is -4.30. The first-order chi connectivity index (χ1) is 9.99. The quantitative estimate of drug-likeness (QED) is 0.832. The molecule has 1 aromatic carbocycles. The number of nitrogens with zero attached hydrogens (tertiary/aromatic N) is 3. The van der Waals surface area contributed by atoms with E-state index in [1.807, 2.05) is 15.6 Å². The molecule has 0 amide bonds. The van der Waals surface area contributed by atoms with E-state index < -0.39 is 11.7 Å². The van der Waals surface area contributed by atoms with Crippen LogP contribution in [0, 0.1) is 5.92 Å². The van der Waals surface area contributed by atoms with Gasteiger partial charge in [-0.3, -0.25) is 0 Å². The molecule has 3 nitrogen and oxygen atoms in total. The Kier molecular flexibility index (Phi) is 3.39. The maximum absolute atomic E-state index is 12.6. The number of hydrogen-bond acceptors (Lipinski definition) is 2. The van der Waals surface area contributed by atoms with Crippen LogP contribution in [0.2, 0.25) is 0 Å². The fourth-order valence-corrected chi connectivity index (χ4v) is 2.68. The Labute approximate surface area is 121 Å². The van der Waals surface area contributed by atoms with Gasteiger partial charge in [0.2, 0.25) is 0 Å². The van der Waals surface area contributed by atoms with E-state index >= 15 is 0 Å². The van der Waals surface area contributed by atoms with Crippen LogP contribution >= 0.6 is 0 Å². The summed E-state index contributed by atoms with van der Waals surface area (Å²) in [6.07, 6.45) is -1.56. The van der Waals surface area contributed by atoms with Crippen molar-refractivity contribution in [3.63, 3.8) is 0 Å². The van der Waals surface area contributed by atoms with Crippen molar-refractivity contribution in [1.29, 1.82) is 0 Å². The number of anilines is 2. The van der Waals surface area contributed by atoms with Gasteiger partial charge in [0.25, 0.3) is 0 Å². The second-order valence-electron chi connectivity index (χ2n) is 5.30. The van der Waals surface area contributed by atoms with Crippen LogP contribution in [0.4, 0.5) is 24.7 Å². The number of hydrogen-bond donors (Lipinski definition) is 0. The molecule has 1 aliphatic rings. The normalized spacial score (nSPS) is 18.7. The Morgan fingerprint density at radius 3 is 2.48 bits per heavy atom. The summed E-state index contributed by atoms with van der Waals surface area (Å²) in [6.45, 7) is 3.77. The van der Waals surface area contributed by atoms with Gasteiger partial charge in [0, 0.05) is 24.8 Å². The van der Waals surface area contributed by atoms with Crippen molar-refractivity contribution in [1.82, 2.24) is 9.78 Å². The van der Waals surface area contributed by atoms with Crippen LogP contribution in [0.15, 0.2) is 36.5 Å². The van der Waals surface area contributed by atoms with E-state index in [1.54, 1.807) is 6.20 Å². The van der Waals surface area contributed by atoms with E-state index in [9.17, 15) is 13.2 Å². The van der Waals surface area contributed by atoms with Crippen molar-refractivity contribution in [2.75, 3.05) is 11.4 Å². The molecule has 6 heteroatoms. The third-order valence-electron chi connectivity index (χ3n) is 3.93. The number of alkyl halides is 3. The van der Waals surface area contributed by atoms with Crippen molar-refractivity contribution in [2.45, 2.75) is 26.1 Å². The third kappa shape index (κ3) is 2.62. The summed E-state index contributed by atoms with van der Waals surface area (Å²) >= 11 is 0. The maximum atomic E-state index is 12.6. The lowest BCUT2D eigenvalue weighted by atomic mass is 10.0. The predicted molar refractivity (Wildman–Crippen MR) is 74.5 cm³/mol. The number of halogens is 3. The van der Waals surface area contributed by atoms with E-state index in [0.29, 0.717) is 5.92 Å². The zero-order valence-corrected chi connectivity index (χ0v) is 11.6. The SMILES string of the molecule is CCC1CN(c2ccc(C(F)(F)F)cc2)c2ccnn2C1. The van der Waals surface area contributed by atoms with E-state index in [4.69, 9.17) is 0 Å². The van der Waals surface area contributed by atoms with E-state index in [-0.39, 0.29) is 0 Å². The smallest absolute Gasteiger partial charge is 0.326 e. The van der Waals surface area contributed by atoms with Crippen LogP contribution in [0.1, 0.15) is 18.9 Å². The second-order valence-corrected chi connectivity index (χ2v) is 5.30. The molecule has 0 N–H and O–H groups in total.